The van der Waals surface area contributed by atoms with Crippen molar-refractivity contribution in [3.63, 3.8) is 0 Å². The number of hydrogen-bond acceptors (Lipinski definition) is 4. The van der Waals surface area contributed by atoms with E-state index in [2.05, 4.69) is 4.98 Å². The van der Waals surface area contributed by atoms with Gasteiger partial charge < -0.3 is 5.73 Å². The number of sulfonamides is 1. The maximum absolute atomic E-state index is 13.6. The van der Waals surface area contributed by atoms with Gasteiger partial charge in [-0.2, -0.15) is 0 Å². The standard InChI is InChI=1S/C14H16FN3O2S/c1-9-8-11(15)13(16)10(2)14(9)21(19,20)18(3)12-6-4-5-7-17-12/h4-8H,16H2,1-3H3. The molecule has 0 aliphatic heterocycles. The van der Waals surface area contributed by atoms with Crippen LogP contribution < -0.4 is 10.0 Å². The molecule has 7 heteroatoms. The van der Waals surface area contributed by atoms with Crippen molar-refractivity contribution in [1.29, 1.82) is 0 Å². The van der Waals surface area contributed by atoms with E-state index in [4.69, 9.17) is 5.73 Å². The Morgan fingerprint density at radius 3 is 2.52 bits per heavy atom. The summed E-state index contributed by atoms with van der Waals surface area (Å²) < 4.78 is 40.1. The second-order valence-electron chi connectivity index (χ2n) is 4.70. The summed E-state index contributed by atoms with van der Waals surface area (Å²) in [7, 11) is -2.47. The van der Waals surface area contributed by atoms with Crippen LogP contribution in [-0.2, 0) is 10.0 Å². The third kappa shape index (κ3) is 2.56. The molecule has 5 nitrogen and oxygen atoms in total. The third-order valence-electron chi connectivity index (χ3n) is 3.29. The average molecular weight is 309 g/mol. The Bertz CT molecular complexity index is 777. The van der Waals surface area contributed by atoms with Crippen molar-refractivity contribution in [2.45, 2.75) is 18.7 Å². The lowest BCUT2D eigenvalue weighted by molar-refractivity contribution is 0.591. The Hall–Kier alpha value is -2.15. The average Bonchev–Trinajstić information content (AvgIpc) is 2.44. The molecule has 0 saturated carbocycles. The monoisotopic (exact) mass is 309 g/mol. The van der Waals surface area contributed by atoms with E-state index in [0.717, 1.165) is 10.4 Å². The van der Waals surface area contributed by atoms with E-state index in [1.165, 1.54) is 27.1 Å². The van der Waals surface area contributed by atoms with Gasteiger partial charge in [-0.05, 0) is 43.2 Å². The molecule has 0 aliphatic rings. The van der Waals surface area contributed by atoms with Gasteiger partial charge in [0.15, 0.2) is 0 Å². The largest absolute Gasteiger partial charge is 0.396 e. The van der Waals surface area contributed by atoms with Crippen molar-refractivity contribution in [2.75, 3.05) is 17.1 Å². The van der Waals surface area contributed by atoms with Gasteiger partial charge in [-0.3, -0.25) is 4.31 Å². The van der Waals surface area contributed by atoms with E-state index >= 15 is 0 Å². The molecular formula is C14H16FN3O2S. The van der Waals surface area contributed by atoms with E-state index in [1.54, 1.807) is 18.2 Å². The molecule has 2 N–H and O–H groups in total. The zero-order chi connectivity index (χ0) is 15.8. The Morgan fingerprint density at radius 2 is 1.95 bits per heavy atom. The number of rotatable bonds is 3. The SMILES string of the molecule is Cc1cc(F)c(N)c(C)c1S(=O)(=O)N(C)c1ccccn1. The first-order chi connectivity index (χ1) is 9.76. The Morgan fingerprint density at radius 1 is 1.29 bits per heavy atom. The van der Waals surface area contributed by atoms with Crippen molar-refractivity contribution in [3.05, 3.63) is 47.4 Å². The third-order valence-corrected chi connectivity index (χ3v) is 5.35. The highest BCUT2D eigenvalue weighted by molar-refractivity contribution is 7.92. The summed E-state index contributed by atoms with van der Waals surface area (Å²) in [6, 6.07) is 6.08. The molecule has 0 fully saturated rings. The molecule has 1 heterocycles. The van der Waals surface area contributed by atoms with Crippen molar-refractivity contribution in [3.8, 4) is 0 Å². The van der Waals surface area contributed by atoms with E-state index in [-0.39, 0.29) is 22.0 Å². The number of anilines is 2. The summed E-state index contributed by atoms with van der Waals surface area (Å²) in [5, 5.41) is 0. The lowest BCUT2D eigenvalue weighted by Crippen LogP contribution is -2.29. The van der Waals surface area contributed by atoms with Crippen LogP contribution in [0.1, 0.15) is 11.1 Å². The van der Waals surface area contributed by atoms with Gasteiger partial charge in [-0.15, -0.1) is 0 Å². The number of nitrogens with two attached hydrogens (primary N) is 1. The van der Waals surface area contributed by atoms with Crippen LogP contribution in [-0.4, -0.2) is 20.4 Å². The molecule has 0 radical (unpaired) electrons. The quantitative estimate of drug-likeness (QED) is 0.882. The van der Waals surface area contributed by atoms with E-state index < -0.39 is 15.8 Å². The number of benzene rings is 1. The molecule has 2 rings (SSSR count). The van der Waals surface area contributed by atoms with Gasteiger partial charge in [0, 0.05) is 13.2 Å². The van der Waals surface area contributed by atoms with Crippen molar-refractivity contribution < 1.29 is 12.8 Å². The molecule has 0 atom stereocenters. The van der Waals surface area contributed by atoms with E-state index in [0.29, 0.717) is 5.56 Å². The van der Waals surface area contributed by atoms with Crippen LogP contribution in [0, 0.1) is 19.7 Å². The van der Waals surface area contributed by atoms with Gasteiger partial charge >= 0.3 is 0 Å². The first kappa shape index (κ1) is 15.2. The maximum Gasteiger partial charge on any atom is 0.265 e. The number of aryl methyl sites for hydroxylation is 1. The first-order valence-electron chi connectivity index (χ1n) is 6.22. The first-order valence-corrected chi connectivity index (χ1v) is 7.66. The van der Waals surface area contributed by atoms with Gasteiger partial charge in [-0.1, -0.05) is 6.07 Å². The number of pyridine rings is 1. The smallest absolute Gasteiger partial charge is 0.265 e. The minimum atomic E-state index is -3.87. The van der Waals surface area contributed by atoms with Crippen molar-refractivity contribution >= 4 is 21.5 Å². The van der Waals surface area contributed by atoms with E-state index in [1.807, 2.05) is 0 Å². The van der Waals surface area contributed by atoms with Crippen LogP contribution in [0.5, 0.6) is 0 Å². The highest BCUT2D eigenvalue weighted by atomic mass is 32.2. The van der Waals surface area contributed by atoms with Crippen molar-refractivity contribution in [2.24, 2.45) is 0 Å². The normalized spacial score (nSPS) is 11.4. The zero-order valence-electron chi connectivity index (χ0n) is 12.0. The lowest BCUT2D eigenvalue weighted by Gasteiger charge is -2.21. The van der Waals surface area contributed by atoms with Crippen LogP contribution in [0.3, 0.4) is 0 Å². The summed E-state index contributed by atoms with van der Waals surface area (Å²) in [6.07, 6.45) is 1.50. The fourth-order valence-electron chi connectivity index (χ4n) is 2.13. The topological polar surface area (TPSA) is 76.3 Å². The van der Waals surface area contributed by atoms with Gasteiger partial charge in [0.05, 0.1) is 10.6 Å². The minimum Gasteiger partial charge on any atom is -0.396 e. The van der Waals surface area contributed by atoms with Crippen LogP contribution in [0.15, 0.2) is 35.4 Å². The summed E-state index contributed by atoms with van der Waals surface area (Å²) in [5.41, 5.74) is 5.97. The number of aromatic nitrogens is 1. The van der Waals surface area contributed by atoms with E-state index in [9.17, 15) is 12.8 Å². The number of hydrogen-bond donors (Lipinski definition) is 1. The second-order valence-corrected chi connectivity index (χ2v) is 6.61. The summed E-state index contributed by atoms with van der Waals surface area (Å²) >= 11 is 0. The van der Waals surface area contributed by atoms with Crippen LogP contribution in [0.25, 0.3) is 0 Å². The second kappa shape index (κ2) is 5.33. The number of halogens is 1. The zero-order valence-corrected chi connectivity index (χ0v) is 12.8. The van der Waals surface area contributed by atoms with Gasteiger partial charge in [0.25, 0.3) is 10.0 Å². The van der Waals surface area contributed by atoms with Gasteiger partial charge in [-0.25, -0.2) is 17.8 Å². The predicted molar refractivity (Wildman–Crippen MR) is 80.1 cm³/mol. The molecule has 2 aromatic rings. The number of nitrogens with zero attached hydrogens (tertiary/aromatic N) is 2. The summed E-state index contributed by atoms with van der Waals surface area (Å²) in [5.74, 6) is -0.344. The highest BCUT2D eigenvalue weighted by Gasteiger charge is 2.28. The van der Waals surface area contributed by atoms with Crippen LogP contribution >= 0.6 is 0 Å². The van der Waals surface area contributed by atoms with Gasteiger partial charge in [0.2, 0.25) is 0 Å². The fourth-order valence-corrected chi connectivity index (χ4v) is 3.72. The molecule has 0 saturated heterocycles. The number of nitrogen functional groups attached to an aromatic ring is 1. The summed E-state index contributed by atoms with van der Waals surface area (Å²) in [6.45, 7) is 3.03. The molecule has 0 spiro atoms. The molecule has 1 aromatic heterocycles. The Labute approximate surface area is 123 Å². The molecule has 0 amide bonds. The minimum absolute atomic E-state index is 0.00885. The Kier molecular flexibility index (Phi) is 3.87. The Balaban J connectivity index is 2.63. The van der Waals surface area contributed by atoms with Crippen LogP contribution in [0.4, 0.5) is 15.9 Å². The molecule has 21 heavy (non-hydrogen) atoms. The molecule has 0 unspecified atom stereocenters. The molecular weight excluding hydrogens is 293 g/mol. The summed E-state index contributed by atoms with van der Waals surface area (Å²) in [4.78, 5) is 4.02. The van der Waals surface area contributed by atoms with Crippen molar-refractivity contribution in [1.82, 2.24) is 4.98 Å². The van der Waals surface area contributed by atoms with Crippen LogP contribution in [0.2, 0.25) is 0 Å². The van der Waals surface area contributed by atoms with Gasteiger partial charge in [0.1, 0.15) is 11.6 Å². The molecule has 0 bridgehead atoms. The maximum atomic E-state index is 13.6. The fraction of sp³-hybridized carbons (Fsp3) is 0.214. The lowest BCUT2D eigenvalue weighted by atomic mass is 10.1. The highest BCUT2D eigenvalue weighted by Crippen LogP contribution is 2.30. The predicted octanol–water partition coefficient (Wildman–Crippen LogP) is 2.24. The molecule has 112 valence electrons. The molecule has 0 aliphatic carbocycles. The molecule has 1 aromatic carbocycles.